The zero-order valence-corrected chi connectivity index (χ0v) is 11.3. The number of aromatic hydroxyl groups is 1. The molecular weight excluding hydrogens is 360 g/mol. The molecule has 0 bridgehead atoms. The van der Waals surface area contributed by atoms with Crippen LogP contribution in [0.5, 0.6) is 5.75 Å². The molecule has 0 unspecified atom stereocenters. The lowest BCUT2D eigenvalue weighted by Crippen LogP contribution is -2.04. The average molecular weight is 366 g/mol. The zero-order valence-electron chi connectivity index (χ0n) is 8.15. The molecule has 5 nitrogen and oxygen atoms in total. The van der Waals surface area contributed by atoms with Gasteiger partial charge in [-0.1, -0.05) is 0 Å². The van der Waals surface area contributed by atoms with E-state index in [1.807, 2.05) is 0 Å². The molecule has 0 amide bonds. The third-order valence-electron chi connectivity index (χ3n) is 1.79. The molecule has 0 aromatic heterocycles. The number of hydrogen-bond donors (Lipinski definition) is 3. The summed E-state index contributed by atoms with van der Waals surface area (Å²) in [5, 5.41) is 26.7. The lowest BCUT2D eigenvalue weighted by atomic mass is 10.1. The van der Waals surface area contributed by atoms with Crippen LogP contribution < -0.4 is 0 Å². The number of benzene rings is 1. The Morgan fingerprint density at radius 1 is 1.12 bits per heavy atom. The number of carboxylic acids is 1. The summed E-state index contributed by atoms with van der Waals surface area (Å²) in [5.41, 5.74) is 0.120. The third kappa shape index (κ3) is 3.31. The Morgan fingerprint density at radius 3 is 2.00 bits per heavy atom. The molecule has 0 aliphatic heterocycles. The predicted molar refractivity (Wildman–Crippen MR) is 66.2 cm³/mol. The van der Waals surface area contributed by atoms with Crippen LogP contribution in [-0.4, -0.2) is 27.1 Å². The van der Waals surface area contributed by atoms with Crippen LogP contribution in [0.1, 0.15) is 10.4 Å². The summed E-state index contributed by atoms with van der Waals surface area (Å²) < 4.78 is 0.553. The molecule has 0 heterocycles. The van der Waals surface area contributed by atoms with Crippen molar-refractivity contribution in [3.8, 4) is 5.75 Å². The van der Waals surface area contributed by atoms with Crippen molar-refractivity contribution in [1.82, 2.24) is 0 Å². The van der Waals surface area contributed by atoms with E-state index in [9.17, 15) is 14.7 Å². The van der Waals surface area contributed by atoms with Gasteiger partial charge in [-0.3, -0.25) is 4.79 Å². The maximum atomic E-state index is 11.6. The lowest BCUT2D eigenvalue weighted by Gasteiger charge is -2.03. The molecule has 0 aliphatic rings. The van der Waals surface area contributed by atoms with Crippen LogP contribution in [0, 0.1) is 0 Å². The minimum Gasteiger partial charge on any atom is -0.506 e. The number of phenols is 1. The number of ketones is 1. The SMILES string of the molecule is O=C(O)/C(O)=C/C(=O)c1cc(Br)c(O)c(Br)c1. The first-order valence-electron chi connectivity index (χ1n) is 4.19. The first-order valence-corrected chi connectivity index (χ1v) is 5.78. The molecule has 90 valence electrons. The number of carboxylic acid groups (broad SMARTS) is 1. The van der Waals surface area contributed by atoms with Crippen LogP contribution >= 0.6 is 31.9 Å². The molecule has 0 spiro atoms. The highest BCUT2D eigenvalue weighted by Crippen LogP contribution is 2.33. The molecule has 1 aromatic carbocycles. The first kappa shape index (κ1) is 13.7. The molecule has 0 aliphatic carbocycles. The molecule has 1 rings (SSSR count). The number of rotatable bonds is 3. The van der Waals surface area contributed by atoms with E-state index in [-0.39, 0.29) is 20.3 Å². The number of carbonyl (C=O) groups excluding carboxylic acids is 1. The summed E-state index contributed by atoms with van der Waals surface area (Å²) in [6, 6.07) is 2.63. The van der Waals surface area contributed by atoms with Gasteiger partial charge in [0, 0.05) is 11.6 Å². The number of phenolic OH excluding ortho intramolecular Hbond substituents is 1. The maximum absolute atomic E-state index is 11.6. The van der Waals surface area contributed by atoms with Crippen molar-refractivity contribution in [2.45, 2.75) is 0 Å². The summed E-state index contributed by atoms with van der Waals surface area (Å²) in [4.78, 5) is 21.9. The molecule has 0 saturated carbocycles. The topological polar surface area (TPSA) is 94.8 Å². The van der Waals surface area contributed by atoms with Gasteiger partial charge in [-0.05, 0) is 44.0 Å². The second-order valence-electron chi connectivity index (χ2n) is 2.99. The molecule has 0 atom stereocenters. The fraction of sp³-hybridized carbons (Fsp3) is 0. The van der Waals surface area contributed by atoms with Crippen molar-refractivity contribution in [1.29, 1.82) is 0 Å². The molecular formula is C10H6Br2O5. The Balaban J connectivity index is 3.15. The Hall–Kier alpha value is -1.34. The third-order valence-corrected chi connectivity index (χ3v) is 3.00. The quantitative estimate of drug-likeness (QED) is 0.435. The van der Waals surface area contributed by atoms with E-state index in [4.69, 9.17) is 10.2 Å². The van der Waals surface area contributed by atoms with Gasteiger partial charge in [-0.15, -0.1) is 0 Å². The van der Waals surface area contributed by atoms with Crippen LogP contribution in [0.3, 0.4) is 0 Å². The van der Waals surface area contributed by atoms with Crippen molar-refractivity contribution < 1.29 is 24.9 Å². The largest absolute Gasteiger partial charge is 0.506 e. The molecule has 1 aromatic rings. The van der Waals surface area contributed by atoms with Gasteiger partial charge < -0.3 is 15.3 Å². The molecule has 7 heteroatoms. The fourth-order valence-corrected chi connectivity index (χ4v) is 2.16. The van der Waals surface area contributed by atoms with Crippen LogP contribution in [-0.2, 0) is 4.79 Å². The summed E-state index contributed by atoms with van der Waals surface area (Å²) in [6.45, 7) is 0. The summed E-state index contributed by atoms with van der Waals surface area (Å²) >= 11 is 6.06. The first-order chi connectivity index (χ1) is 7.82. The monoisotopic (exact) mass is 364 g/mol. The smallest absolute Gasteiger partial charge is 0.371 e. The van der Waals surface area contributed by atoms with Crippen molar-refractivity contribution in [3.05, 3.63) is 38.5 Å². The Labute approximate surface area is 113 Å². The number of allylic oxidation sites excluding steroid dienone is 1. The van der Waals surface area contributed by atoms with Gasteiger partial charge in [0.05, 0.1) is 8.95 Å². The second kappa shape index (κ2) is 5.33. The fourth-order valence-electron chi connectivity index (χ4n) is 0.977. The highest BCUT2D eigenvalue weighted by atomic mass is 79.9. The van der Waals surface area contributed by atoms with Crippen molar-refractivity contribution in [2.75, 3.05) is 0 Å². The van der Waals surface area contributed by atoms with E-state index < -0.39 is 17.5 Å². The maximum Gasteiger partial charge on any atom is 0.371 e. The Bertz CT molecular complexity index is 498. The number of halogens is 2. The van der Waals surface area contributed by atoms with Crippen molar-refractivity contribution in [3.63, 3.8) is 0 Å². The predicted octanol–water partition coefficient (Wildman–Crippen LogP) is 2.63. The standard InChI is InChI=1S/C10H6Br2O5/c11-5-1-4(2-6(12)9(5)15)7(13)3-8(14)10(16)17/h1-3,14-15H,(H,16,17)/b8-3-. The van der Waals surface area contributed by atoms with Gasteiger partial charge in [0.2, 0.25) is 5.76 Å². The normalized spacial score (nSPS) is 11.3. The number of aliphatic carboxylic acids is 1. The van der Waals surface area contributed by atoms with Crippen LogP contribution in [0.4, 0.5) is 0 Å². The minimum atomic E-state index is -1.59. The van der Waals surface area contributed by atoms with Gasteiger partial charge >= 0.3 is 5.97 Å². The number of carbonyl (C=O) groups is 2. The van der Waals surface area contributed by atoms with Gasteiger partial charge in [0.1, 0.15) is 5.75 Å². The van der Waals surface area contributed by atoms with E-state index in [0.717, 1.165) is 0 Å². The van der Waals surface area contributed by atoms with Gasteiger partial charge in [0.25, 0.3) is 0 Å². The molecule has 0 fully saturated rings. The lowest BCUT2D eigenvalue weighted by molar-refractivity contribution is -0.135. The van der Waals surface area contributed by atoms with Gasteiger partial charge in [0.15, 0.2) is 5.78 Å². The molecule has 3 N–H and O–H groups in total. The highest BCUT2D eigenvalue weighted by molar-refractivity contribution is 9.11. The Kier molecular flexibility index (Phi) is 4.30. The van der Waals surface area contributed by atoms with E-state index in [0.29, 0.717) is 6.08 Å². The number of aliphatic hydroxyl groups excluding tert-OH is 1. The highest BCUT2D eigenvalue weighted by Gasteiger charge is 2.13. The summed E-state index contributed by atoms with van der Waals surface area (Å²) in [6.07, 6.45) is 0.591. The van der Waals surface area contributed by atoms with Gasteiger partial charge in [-0.2, -0.15) is 0 Å². The summed E-state index contributed by atoms with van der Waals surface area (Å²) in [5.74, 6) is -3.40. The zero-order chi connectivity index (χ0) is 13.2. The van der Waals surface area contributed by atoms with Gasteiger partial charge in [-0.25, -0.2) is 4.79 Å². The Morgan fingerprint density at radius 2 is 1.59 bits per heavy atom. The minimum absolute atomic E-state index is 0.0759. The van der Waals surface area contributed by atoms with E-state index in [1.54, 1.807) is 0 Å². The van der Waals surface area contributed by atoms with E-state index in [2.05, 4.69) is 31.9 Å². The number of hydrogen-bond acceptors (Lipinski definition) is 4. The van der Waals surface area contributed by atoms with Crippen LogP contribution in [0.25, 0.3) is 0 Å². The number of aliphatic hydroxyl groups is 1. The average Bonchev–Trinajstić information content (AvgIpc) is 2.24. The van der Waals surface area contributed by atoms with Crippen molar-refractivity contribution >= 4 is 43.6 Å². The second-order valence-corrected chi connectivity index (χ2v) is 4.70. The molecule has 0 radical (unpaired) electrons. The molecule has 0 saturated heterocycles. The van der Waals surface area contributed by atoms with E-state index >= 15 is 0 Å². The van der Waals surface area contributed by atoms with Crippen LogP contribution in [0.2, 0.25) is 0 Å². The van der Waals surface area contributed by atoms with Crippen molar-refractivity contribution in [2.24, 2.45) is 0 Å². The summed E-state index contributed by atoms with van der Waals surface area (Å²) in [7, 11) is 0. The molecule has 17 heavy (non-hydrogen) atoms. The van der Waals surface area contributed by atoms with Crippen LogP contribution in [0.15, 0.2) is 32.9 Å². The van der Waals surface area contributed by atoms with E-state index in [1.165, 1.54) is 12.1 Å².